The Morgan fingerprint density at radius 2 is 1.80 bits per heavy atom. The van der Waals surface area contributed by atoms with E-state index in [9.17, 15) is 23.3 Å². The van der Waals surface area contributed by atoms with Gasteiger partial charge in [-0.05, 0) is 25.1 Å². The Bertz CT molecular complexity index is 884. The van der Waals surface area contributed by atoms with E-state index < -0.39 is 26.9 Å². The first kappa shape index (κ1) is 18.4. The monoisotopic (exact) mass is 363 g/mol. The van der Waals surface area contributed by atoms with Crippen molar-refractivity contribution in [3.05, 3.63) is 64.7 Å². The molecule has 0 bridgehead atoms. The number of sulfonamides is 1. The number of nitro benzene ring substituents is 1. The van der Waals surface area contributed by atoms with E-state index in [1.807, 2.05) is 0 Å². The van der Waals surface area contributed by atoms with Gasteiger partial charge in [-0.3, -0.25) is 19.2 Å². The van der Waals surface area contributed by atoms with Gasteiger partial charge >= 0.3 is 0 Å². The molecule has 0 fully saturated rings. The maximum atomic E-state index is 12.5. The van der Waals surface area contributed by atoms with Gasteiger partial charge < -0.3 is 5.32 Å². The quantitative estimate of drug-likeness (QED) is 0.626. The minimum absolute atomic E-state index is 0.173. The summed E-state index contributed by atoms with van der Waals surface area (Å²) in [6.07, 6.45) is 1.01. The Morgan fingerprint density at radius 3 is 2.36 bits per heavy atom. The van der Waals surface area contributed by atoms with Crippen LogP contribution in [0.4, 0.5) is 17.1 Å². The molecule has 0 aromatic heterocycles. The minimum Gasteiger partial charge on any atom is -0.324 e. The number of nitro groups is 1. The van der Waals surface area contributed by atoms with Crippen LogP contribution in [0.2, 0.25) is 0 Å². The van der Waals surface area contributed by atoms with Gasteiger partial charge in [0.05, 0.1) is 16.9 Å². The smallest absolute Gasteiger partial charge is 0.271 e. The average molecular weight is 363 g/mol. The van der Waals surface area contributed by atoms with Crippen LogP contribution in [0.1, 0.15) is 6.92 Å². The summed E-state index contributed by atoms with van der Waals surface area (Å²) in [5.74, 6) is -0.602. The van der Waals surface area contributed by atoms with Crippen molar-refractivity contribution in [2.75, 3.05) is 15.9 Å². The summed E-state index contributed by atoms with van der Waals surface area (Å²) in [7, 11) is -3.71. The van der Waals surface area contributed by atoms with E-state index in [4.69, 9.17) is 0 Å². The molecule has 2 aromatic rings. The van der Waals surface area contributed by atoms with Gasteiger partial charge in [0.1, 0.15) is 6.04 Å². The van der Waals surface area contributed by atoms with Crippen molar-refractivity contribution >= 4 is 33.0 Å². The third-order valence-electron chi connectivity index (χ3n) is 3.42. The molecule has 0 saturated carbocycles. The number of hydrogen-bond acceptors (Lipinski definition) is 5. The number of non-ortho nitro benzene ring substituents is 1. The minimum atomic E-state index is -3.71. The van der Waals surface area contributed by atoms with Crippen molar-refractivity contribution in [1.82, 2.24) is 0 Å². The SMILES string of the molecule is C[C@H](C(=O)Nc1cccc([N+](=O)[O-])c1)N(c1ccccc1)S(C)(=O)=O. The molecule has 1 N–H and O–H groups in total. The van der Waals surface area contributed by atoms with Crippen LogP contribution in [-0.2, 0) is 14.8 Å². The first-order valence-electron chi connectivity index (χ1n) is 7.30. The molecular formula is C16H17N3O5S. The highest BCUT2D eigenvalue weighted by molar-refractivity contribution is 7.92. The molecule has 0 saturated heterocycles. The Morgan fingerprint density at radius 1 is 1.16 bits per heavy atom. The molecule has 0 aliphatic rings. The molecule has 1 atom stereocenters. The average Bonchev–Trinajstić information content (AvgIpc) is 2.54. The highest BCUT2D eigenvalue weighted by atomic mass is 32.2. The van der Waals surface area contributed by atoms with Gasteiger partial charge in [0.15, 0.2) is 0 Å². The number of para-hydroxylation sites is 1. The standard InChI is InChI=1S/C16H17N3O5S/c1-12(18(25(2,23)24)14-8-4-3-5-9-14)16(20)17-13-7-6-10-15(11-13)19(21)22/h3-12H,1-2H3,(H,17,20)/t12-/m1/s1. The number of rotatable bonds is 6. The number of benzene rings is 2. The Kier molecular flexibility index (Phi) is 5.38. The summed E-state index contributed by atoms with van der Waals surface area (Å²) < 4.78 is 25.3. The van der Waals surface area contributed by atoms with Crippen molar-refractivity contribution in [2.24, 2.45) is 0 Å². The maximum Gasteiger partial charge on any atom is 0.271 e. The van der Waals surface area contributed by atoms with Crippen LogP contribution in [0.25, 0.3) is 0 Å². The molecule has 2 aromatic carbocycles. The summed E-state index contributed by atoms with van der Waals surface area (Å²) >= 11 is 0. The first-order chi connectivity index (χ1) is 11.7. The molecule has 0 radical (unpaired) electrons. The fourth-order valence-electron chi connectivity index (χ4n) is 2.33. The van der Waals surface area contributed by atoms with Crippen molar-refractivity contribution in [3.63, 3.8) is 0 Å². The van der Waals surface area contributed by atoms with Crippen LogP contribution in [0, 0.1) is 10.1 Å². The number of hydrogen-bond donors (Lipinski definition) is 1. The number of carbonyl (C=O) groups excluding carboxylic acids is 1. The number of anilines is 2. The summed E-state index contributed by atoms with van der Waals surface area (Å²) in [5, 5.41) is 13.3. The lowest BCUT2D eigenvalue weighted by atomic mass is 10.2. The van der Waals surface area contributed by atoms with E-state index in [1.165, 1.54) is 31.2 Å². The molecule has 2 rings (SSSR count). The topological polar surface area (TPSA) is 110 Å². The van der Waals surface area contributed by atoms with Gasteiger partial charge in [0.2, 0.25) is 15.9 Å². The summed E-state index contributed by atoms with van der Waals surface area (Å²) in [4.78, 5) is 22.7. The summed E-state index contributed by atoms with van der Waals surface area (Å²) in [6.45, 7) is 1.45. The van der Waals surface area contributed by atoms with Crippen molar-refractivity contribution < 1.29 is 18.1 Å². The zero-order valence-corrected chi connectivity index (χ0v) is 14.4. The third-order valence-corrected chi connectivity index (χ3v) is 4.67. The predicted molar refractivity (Wildman–Crippen MR) is 95.0 cm³/mol. The number of nitrogens with one attached hydrogen (secondary N) is 1. The molecule has 1 amide bonds. The highest BCUT2D eigenvalue weighted by Gasteiger charge is 2.29. The van der Waals surface area contributed by atoms with Crippen LogP contribution in [0.5, 0.6) is 0 Å². The molecule has 0 unspecified atom stereocenters. The fraction of sp³-hybridized carbons (Fsp3) is 0.188. The second-order valence-corrected chi connectivity index (χ2v) is 7.23. The Labute approximate surface area is 145 Å². The van der Waals surface area contributed by atoms with Gasteiger partial charge in [-0.1, -0.05) is 24.3 Å². The summed E-state index contributed by atoms with van der Waals surface area (Å²) in [5.41, 5.74) is 0.396. The van der Waals surface area contributed by atoms with Gasteiger partial charge in [-0.25, -0.2) is 8.42 Å². The molecular weight excluding hydrogens is 346 g/mol. The van der Waals surface area contributed by atoms with Crippen LogP contribution in [-0.4, -0.2) is 31.5 Å². The second-order valence-electron chi connectivity index (χ2n) is 5.37. The maximum absolute atomic E-state index is 12.5. The molecule has 0 spiro atoms. The molecule has 8 nitrogen and oxygen atoms in total. The predicted octanol–water partition coefficient (Wildman–Crippen LogP) is 2.39. The van der Waals surface area contributed by atoms with Crippen molar-refractivity contribution in [1.29, 1.82) is 0 Å². The number of amides is 1. The summed E-state index contributed by atoms with van der Waals surface area (Å²) in [6, 6.07) is 12.6. The Balaban J connectivity index is 2.28. The van der Waals surface area contributed by atoms with Gasteiger partial charge in [-0.2, -0.15) is 0 Å². The van der Waals surface area contributed by atoms with Crippen LogP contribution in [0.3, 0.4) is 0 Å². The van der Waals surface area contributed by atoms with Crippen molar-refractivity contribution in [3.8, 4) is 0 Å². The zero-order chi connectivity index (χ0) is 18.6. The lowest BCUT2D eigenvalue weighted by Gasteiger charge is -2.28. The van der Waals surface area contributed by atoms with E-state index in [-0.39, 0.29) is 11.4 Å². The van der Waals surface area contributed by atoms with Crippen LogP contribution < -0.4 is 9.62 Å². The van der Waals surface area contributed by atoms with E-state index in [1.54, 1.807) is 30.3 Å². The Hall–Kier alpha value is -2.94. The highest BCUT2D eigenvalue weighted by Crippen LogP contribution is 2.22. The largest absolute Gasteiger partial charge is 0.324 e. The lowest BCUT2D eigenvalue weighted by Crippen LogP contribution is -2.45. The molecule has 0 heterocycles. The van der Waals surface area contributed by atoms with E-state index in [2.05, 4.69) is 5.32 Å². The number of carbonyl (C=O) groups is 1. The van der Waals surface area contributed by atoms with Crippen LogP contribution in [0.15, 0.2) is 54.6 Å². The molecule has 0 aliphatic carbocycles. The van der Waals surface area contributed by atoms with Gasteiger partial charge in [0, 0.05) is 17.8 Å². The van der Waals surface area contributed by atoms with E-state index in [0.717, 1.165) is 10.6 Å². The molecule has 0 aliphatic heterocycles. The molecule has 25 heavy (non-hydrogen) atoms. The second kappa shape index (κ2) is 7.31. The third kappa shape index (κ3) is 4.54. The lowest BCUT2D eigenvalue weighted by molar-refractivity contribution is -0.384. The van der Waals surface area contributed by atoms with Gasteiger partial charge in [0.25, 0.3) is 5.69 Å². The van der Waals surface area contributed by atoms with Crippen LogP contribution >= 0.6 is 0 Å². The van der Waals surface area contributed by atoms with Crippen molar-refractivity contribution in [2.45, 2.75) is 13.0 Å². The normalized spacial score (nSPS) is 12.2. The van der Waals surface area contributed by atoms with Gasteiger partial charge in [-0.15, -0.1) is 0 Å². The fourth-order valence-corrected chi connectivity index (χ4v) is 3.50. The number of nitrogens with zero attached hydrogens (tertiary/aromatic N) is 2. The van der Waals surface area contributed by atoms with E-state index >= 15 is 0 Å². The zero-order valence-electron chi connectivity index (χ0n) is 13.6. The molecule has 9 heteroatoms. The first-order valence-corrected chi connectivity index (χ1v) is 9.15. The van der Waals surface area contributed by atoms with E-state index in [0.29, 0.717) is 5.69 Å². The molecule has 132 valence electrons.